The first-order chi connectivity index (χ1) is 8.08. The van der Waals surface area contributed by atoms with Crippen molar-refractivity contribution in [1.82, 2.24) is 4.90 Å². The van der Waals surface area contributed by atoms with Gasteiger partial charge in [0, 0.05) is 19.0 Å². The van der Waals surface area contributed by atoms with Crippen molar-refractivity contribution < 1.29 is 14.3 Å². The van der Waals surface area contributed by atoms with Crippen LogP contribution in [-0.2, 0) is 0 Å². The summed E-state index contributed by atoms with van der Waals surface area (Å²) in [6.07, 6.45) is 0.482. The lowest BCUT2D eigenvalue weighted by atomic mass is 10.1. The lowest BCUT2D eigenvalue weighted by molar-refractivity contribution is 0.0969. The predicted octanol–water partition coefficient (Wildman–Crippen LogP) is 1.84. The summed E-state index contributed by atoms with van der Waals surface area (Å²) in [5.74, 6) is 1.33. The van der Waals surface area contributed by atoms with Crippen LogP contribution in [0.15, 0.2) is 18.2 Å². The number of carbonyl (C=O) groups is 1. The molecule has 0 N–H and O–H groups in total. The SMILES string of the molecule is COc1ccc(C(=O)CCN(C)C)c(OC)c1. The van der Waals surface area contributed by atoms with Gasteiger partial charge in [0.1, 0.15) is 11.5 Å². The number of hydrogen-bond acceptors (Lipinski definition) is 4. The minimum atomic E-state index is 0.0817. The van der Waals surface area contributed by atoms with Crippen LogP contribution in [0.2, 0.25) is 0 Å². The Balaban J connectivity index is 2.85. The highest BCUT2D eigenvalue weighted by Crippen LogP contribution is 2.25. The van der Waals surface area contributed by atoms with Crippen LogP contribution in [0.3, 0.4) is 0 Å². The van der Waals surface area contributed by atoms with E-state index in [2.05, 4.69) is 0 Å². The molecule has 0 unspecified atom stereocenters. The van der Waals surface area contributed by atoms with Gasteiger partial charge in [-0.1, -0.05) is 0 Å². The first-order valence-corrected chi connectivity index (χ1v) is 5.48. The number of methoxy groups -OCH3 is 2. The Morgan fingerprint density at radius 3 is 2.47 bits per heavy atom. The number of hydrogen-bond donors (Lipinski definition) is 0. The normalized spacial score (nSPS) is 10.4. The molecule has 0 heterocycles. The van der Waals surface area contributed by atoms with E-state index in [1.165, 1.54) is 0 Å². The van der Waals surface area contributed by atoms with Crippen molar-refractivity contribution in [3.63, 3.8) is 0 Å². The molecule has 0 aromatic heterocycles. The van der Waals surface area contributed by atoms with Gasteiger partial charge in [-0.25, -0.2) is 0 Å². The predicted molar refractivity (Wildman–Crippen MR) is 67.0 cm³/mol. The average Bonchev–Trinajstić information content (AvgIpc) is 2.34. The van der Waals surface area contributed by atoms with Crippen molar-refractivity contribution in [3.8, 4) is 11.5 Å². The van der Waals surface area contributed by atoms with E-state index in [1.54, 1.807) is 32.4 Å². The molecule has 1 aromatic carbocycles. The Bertz CT molecular complexity index is 388. The second-order valence-electron chi connectivity index (χ2n) is 4.04. The first kappa shape index (κ1) is 13.5. The molecule has 0 spiro atoms. The topological polar surface area (TPSA) is 38.8 Å². The Morgan fingerprint density at radius 2 is 1.94 bits per heavy atom. The van der Waals surface area contributed by atoms with E-state index in [0.29, 0.717) is 23.5 Å². The third kappa shape index (κ3) is 3.75. The Morgan fingerprint density at radius 1 is 1.24 bits per heavy atom. The third-order valence-corrected chi connectivity index (χ3v) is 2.50. The number of nitrogens with zero attached hydrogens (tertiary/aromatic N) is 1. The molecule has 0 aliphatic heterocycles. The van der Waals surface area contributed by atoms with Gasteiger partial charge >= 0.3 is 0 Å². The Labute approximate surface area is 102 Å². The molecule has 0 amide bonds. The molecule has 0 atom stereocenters. The van der Waals surface area contributed by atoms with Gasteiger partial charge < -0.3 is 14.4 Å². The van der Waals surface area contributed by atoms with Crippen molar-refractivity contribution in [3.05, 3.63) is 23.8 Å². The lowest BCUT2D eigenvalue weighted by Crippen LogP contribution is -2.17. The van der Waals surface area contributed by atoms with Crippen molar-refractivity contribution in [2.45, 2.75) is 6.42 Å². The van der Waals surface area contributed by atoms with Crippen LogP contribution in [-0.4, -0.2) is 45.5 Å². The maximum absolute atomic E-state index is 12.0. The minimum absolute atomic E-state index is 0.0817. The molecular weight excluding hydrogens is 218 g/mol. The number of carbonyl (C=O) groups excluding carboxylic acids is 1. The fourth-order valence-electron chi connectivity index (χ4n) is 1.49. The molecule has 0 saturated carbocycles. The van der Waals surface area contributed by atoms with Gasteiger partial charge in [-0.2, -0.15) is 0 Å². The summed E-state index contributed by atoms with van der Waals surface area (Å²) in [5.41, 5.74) is 0.607. The van der Waals surface area contributed by atoms with Gasteiger partial charge in [-0.05, 0) is 26.2 Å². The van der Waals surface area contributed by atoms with Crippen LogP contribution < -0.4 is 9.47 Å². The van der Waals surface area contributed by atoms with Gasteiger partial charge in [-0.3, -0.25) is 4.79 Å². The van der Waals surface area contributed by atoms with Gasteiger partial charge in [0.2, 0.25) is 0 Å². The molecule has 1 rings (SSSR count). The van der Waals surface area contributed by atoms with E-state index >= 15 is 0 Å². The Kier molecular flexibility index (Phi) is 4.97. The summed E-state index contributed by atoms with van der Waals surface area (Å²) < 4.78 is 10.3. The summed E-state index contributed by atoms with van der Waals surface area (Å²) in [4.78, 5) is 14.0. The van der Waals surface area contributed by atoms with Gasteiger partial charge in [0.15, 0.2) is 5.78 Å². The molecule has 0 fully saturated rings. The van der Waals surface area contributed by atoms with Crippen LogP contribution in [0.4, 0.5) is 0 Å². The summed E-state index contributed by atoms with van der Waals surface area (Å²) in [6.45, 7) is 0.730. The highest BCUT2D eigenvalue weighted by atomic mass is 16.5. The second kappa shape index (κ2) is 6.25. The first-order valence-electron chi connectivity index (χ1n) is 5.48. The zero-order chi connectivity index (χ0) is 12.8. The monoisotopic (exact) mass is 237 g/mol. The van der Waals surface area contributed by atoms with Crippen molar-refractivity contribution in [2.75, 3.05) is 34.9 Å². The number of benzene rings is 1. The lowest BCUT2D eigenvalue weighted by Gasteiger charge is -2.11. The highest BCUT2D eigenvalue weighted by molar-refractivity contribution is 5.99. The highest BCUT2D eigenvalue weighted by Gasteiger charge is 2.13. The van der Waals surface area contributed by atoms with E-state index in [0.717, 1.165) is 6.54 Å². The van der Waals surface area contributed by atoms with E-state index < -0.39 is 0 Å². The number of rotatable bonds is 6. The average molecular weight is 237 g/mol. The van der Waals surface area contributed by atoms with Crippen LogP contribution in [0.5, 0.6) is 11.5 Å². The van der Waals surface area contributed by atoms with Crippen molar-refractivity contribution in [2.24, 2.45) is 0 Å². The van der Waals surface area contributed by atoms with E-state index in [9.17, 15) is 4.79 Å². The second-order valence-corrected chi connectivity index (χ2v) is 4.04. The van der Waals surface area contributed by atoms with Gasteiger partial charge in [0.05, 0.1) is 19.8 Å². The largest absolute Gasteiger partial charge is 0.497 e. The number of ketones is 1. The molecule has 4 heteroatoms. The molecule has 0 radical (unpaired) electrons. The molecule has 4 nitrogen and oxygen atoms in total. The van der Waals surface area contributed by atoms with Crippen LogP contribution in [0, 0.1) is 0 Å². The van der Waals surface area contributed by atoms with Crippen LogP contribution in [0.25, 0.3) is 0 Å². The fourth-order valence-corrected chi connectivity index (χ4v) is 1.49. The standard InChI is InChI=1S/C13H19NO3/c1-14(2)8-7-12(15)11-6-5-10(16-3)9-13(11)17-4/h5-6,9H,7-8H2,1-4H3. The molecule has 1 aromatic rings. The molecule has 0 bridgehead atoms. The summed E-state index contributed by atoms with van der Waals surface area (Å²) >= 11 is 0. The zero-order valence-corrected chi connectivity index (χ0v) is 10.8. The van der Waals surface area contributed by atoms with Crippen LogP contribution in [0.1, 0.15) is 16.8 Å². The van der Waals surface area contributed by atoms with Crippen molar-refractivity contribution in [1.29, 1.82) is 0 Å². The smallest absolute Gasteiger partial charge is 0.167 e. The molecule has 17 heavy (non-hydrogen) atoms. The summed E-state index contributed by atoms with van der Waals surface area (Å²) in [7, 11) is 7.02. The zero-order valence-electron chi connectivity index (χ0n) is 10.8. The molecular formula is C13H19NO3. The van der Waals surface area contributed by atoms with E-state index in [-0.39, 0.29) is 5.78 Å². The minimum Gasteiger partial charge on any atom is -0.497 e. The number of ether oxygens (including phenoxy) is 2. The molecule has 94 valence electrons. The molecule has 0 saturated heterocycles. The van der Waals surface area contributed by atoms with E-state index in [1.807, 2.05) is 19.0 Å². The van der Waals surface area contributed by atoms with E-state index in [4.69, 9.17) is 9.47 Å². The Hall–Kier alpha value is -1.55. The maximum Gasteiger partial charge on any atom is 0.167 e. The maximum atomic E-state index is 12.0. The number of Topliss-reactive ketones (excluding diaryl/α,β-unsaturated/α-hetero) is 1. The van der Waals surface area contributed by atoms with Crippen molar-refractivity contribution >= 4 is 5.78 Å². The van der Waals surface area contributed by atoms with Gasteiger partial charge in [-0.15, -0.1) is 0 Å². The third-order valence-electron chi connectivity index (χ3n) is 2.50. The molecule has 0 aliphatic rings. The summed E-state index contributed by atoms with van der Waals surface area (Å²) in [5, 5.41) is 0. The summed E-state index contributed by atoms with van der Waals surface area (Å²) in [6, 6.07) is 5.24. The van der Waals surface area contributed by atoms with Crippen LogP contribution >= 0.6 is 0 Å². The quantitative estimate of drug-likeness (QED) is 0.708. The van der Waals surface area contributed by atoms with Gasteiger partial charge in [0.25, 0.3) is 0 Å². The fraction of sp³-hybridized carbons (Fsp3) is 0.462. The molecule has 0 aliphatic carbocycles.